The van der Waals surface area contributed by atoms with Crippen molar-refractivity contribution in [3.05, 3.63) is 170 Å². The lowest BCUT2D eigenvalue weighted by Crippen LogP contribution is -1.87. The first-order valence-corrected chi connectivity index (χ1v) is 17.0. The van der Waals surface area contributed by atoms with E-state index in [0.717, 1.165) is 49.7 Å². The monoisotopic (exact) mass is 641 g/mol. The molecule has 9 aromatic rings. The summed E-state index contributed by atoms with van der Waals surface area (Å²) in [6, 6.07) is 51.6. The molecule has 4 heteroatoms. The summed E-state index contributed by atoms with van der Waals surface area (Å²) in [7, 11) is 0. The van der Waals surface area contributed by atoms with Gasteiger partial charge < -0.3 is 0 Å². The highest BCUT2D eigenvalue weighted by atomic mass is 32.1. The number of hydrogen-bond donors (Lipinski definition) is 0. The molecule has 0 radical (unpaired) electrons. The van der Waals surface area contributed by atoms with Crippen LogP contribution in [0.2, 0.25) is 0 Å². The predicted octanol–water partition coefficient (Wildman–Crippen LogP) is 12.2. The van der Waals surface area contributed by atoms with Crippen molar-refractivity contribution >= 4 is 42.3 Å². The Kier molecular flexibility index (Phi) is 7.04. The molecule has 0 N–H and O–H groups in total. The number of rotatable bonds is 5. The van der Waals surface area contributed by atoms with Gasteiger partial charge in [-0.25, -0.2) is 0 Å². The van der Waals surface area contributed by atoms with Crippen molar-refractivity contribution in [3.8, 4) is 61.7 Å². The van der Waals surface area contributed by atoms with Crippen molar-refractivity contribution in [1.29, 1.82) is 5.26 Å². The van der Waals surface area contributed by atoms with Gasteiger partial charge in [-0.3, -0.25) is 9.97 Å². The summed E-state index contributed by atoms with van der Waals surface area (Å²) in [5.41, 5.74) is 12.1. The van der Waals surface area contributed by atoms with E-state index in [0.29, 0.717) is 5.56 Å². The number of thiophene rings is 1. The van der Waals surface area contributed by atoms with Gasteiger partial charge in [-0.15, -0.1) is 11.3 Å². The minimum absolute atomic E-state index is 0.698. The first-order valence-electron chi connectivity index (χ1n) is 16.2. The summed E-state index contributed by atoms with van der Waals surface area (Å²) in [5.74, 6) is 0. The highest BCUT2D eigenvalue weighted by Gasteiger charge is 2.16. The highest BCUT2D eigenvalue weighted by molar-refractivity contribution is 7.26. The van der Waals surface area contributed by atoms with E-state index in [9.17, 15) is 5.26 Å². The Bertz CT molecular complexity index is 2650. The second-order valence-corrected chi connectivity index (χ2v) is 13.2. The molecule has 0 atom stereocenters. The van der Waals surface area contributed by atoms with Crippen molar-refractivity contribution in [2.24, 2.45) is 0 Å². The van der Waals surface area contributed by atoms with Crippen LogP contribution in [-0.4, -0.2) is 9.97 Å². The summed E-state index contributed by atoms with van der Waals surface area (Å²) in [5, 5.41) is 14.2. The third-order valence-electron chi connectivity index (χ3n) is 9.31. The molecular formula is C45H27N3S. The molecule has 9 rings (SSSR count). The third kappa shape index (κ3) is 5.05. The molecule has 228 valence electrons. The number of nitrogens with zero attached hydrogens (tertiary/aromatic N) is 3. The SMILES string of the molecule is N#Cc1ccc(-c2ccc(-c3cccc4c3sc3c(-c5cc(-c6cccnc6)cc(-c6cccnc6)c5)cccc34)cc2)c2ccccc12. The second-order valence-electron chi connectivity index (χ2n) is 12.1. The van der Waals surface area contributed by atoms with Crippen molar-refractivity contribution in [1.82, 2.24) is 9.97 Å². The zero-order valence-electron chi connectivity index (χ0n) is 26.3. The standard InChI is InChI=1S/C45H27N3S/c46-26-31-19-20-38(41-10-2-1-9-37(31)41)29-15-17-30(18-16-29)39-11-3-13-42-43-14-4-12-40(45(43)49-44(39)42)36-24-34(32-7-5-21-47-27-32)23-35(25-36)33-8-6-22-48-28-33/h1-25,27-28H. The van der Waals surface area contributed by atoms with E-state index >= 15 is 0 Å². The van der Waals surface area contributed by atoms with E-state index in [1.54, 1.807) is 0 Å². The van der Waals surface area contributed by atoms with Crippen LogP contribution in [0.5, 0.6) is 0 Å². The van der Waals surface area contributed by atoms with E-state index in [1.165, 1.54) is 36.9 Å². The Balaban J connectivity index is 1.17. The zero-order valence-corrected chi connectivity index (χ0v) is 27.2. The summed E-state index contributed by atoms with van der Waals surface area (Å²) in [4.78, 5) is 8.81. The molecule has 0 saturated heterocycles. The number of pyridine rings is 2. The smallest absolute Gasteiger partial charge is 0.0998 e. The average Bonchev–Trinajstić information content (AvgIpc) is 3.57. The van der Waals surface area contributed by atoms with Gasteiger partial charge >= 0.3 is 0 Å². The first kappa shape index (κ1) is 28.8. The fourth-order valence-electron chi connectivity index (χ4n) is 6.94. The molecule has 0 unspecified atom stereocenters. The molecule has 6 aromatic carbocycles. The van der Waals surface area contributed by atoms with Gasteiger partial charge in [-0.05, 0) is 86.3 Å². The Morgan fingerprint density at radius 2 is 0.939 bits per heavy atom. The second kappa shape index (κ2) is 12.0. The van der Waals surface area contributed by atoms with Crippen molar-refractivity contribution in [2.45, 2.75) is 0 Å². The van der Waals surface area contributed by atoms with Gasteiger partial charge in [0.25, 0.3) is 0 Å². The fraction of sp³-hybridized carbons (Fsp3) is 0. The number of fused-ring (bicyclic) bond motifs is 4. The molecule has 0 bridgehead atoms. The molecule has 0 spiro atoms. The number of nitriles is 1. The maximum atomic E-state index is 9.65. The maximum Gasteiger partial charge on any atom is 0.0998 e. The molecule has 0 amide bonds. The molecule has 3 heterocycles. The van der Waals surface area contributed by atoms with Gasteiger partial charge in [-0.1, -0.05) is 103 Å². The Labute approximate surface area is 288 Å². The topological polar surface area (TPSA) is 49.6 Å². The largest absolute Gasteiger partial charge is 0.264 e. The molecule has 0 aliphatic heterocycles. The van der Waals surface area contributed by atoms with Crippen LogP contribution < -0.4 is 0 Å². The lowest BCUT2D eigenvalue weighted by molar-refractivity contribution is 1.32. The van der Waals surface area contributed by atoms with Gasteiger partial charge in [-0.2, -0.15) is 5.26 Å². The molecule has 3 nitrogen and oxygen atoms in total. The summed E-state index contributed by atoms with van der Waals surface area (Å²) < 4.78 is 2.54. The number of benzene rings is 6. The van der Waals surface area contributed by atoms with E-state index < -0.39 is 0 Å². The summed E-state index contributed by atoms with van der Waals surface area (Å²) >= 11 is 1.86. The minimum Gasteiger partial charge on any atom is -0.264 e. The lowest BCUT2D eigenvalue weighted by atomic mass is 9.93. The minimum atomic E-state index is 0.698. The third-order valence-corrected chi connectivity index (χ3v) is 10.6. The van der Waals surface area contributed by atoms with Crippen LogP contribution in [0, 0.1) is 11.3 Å². The molecule has 49 heavy (non-hydrogen) atoms. The van der Waals surface area contributed by atoms with Gasteiger partial charge in [0, 0.05) is 61.5 Å². The van der Waals surface area contributed by atoms with Crippen LogP contribution in [0.3, 0.4) is 0 Å². The summed E-state index contributed by atoms with van der Waals surface area (Å²) in [6.07, 6.45) is 7.47. The van der Waals surface area contributed by atoms with E-state index in [4.69, 9.17) is 0 Å². The van der Waals surface area contributed by atoms with Gasteiger partial charge in [0.1, 0.15) is 0 Å². The van der Waals surface area contributed by atoms with Gasteiger partial charge in [0.15, 0.2) is 0 Å². The van der Waals surface area contributed by atoms with E-state index in [1.807, 2.05) is 72.5 Å². The lowest BCUT2D eigenvalue weighted by Gasteiger charge is -2.11. The number of aromatic nitrogens is 2. The quantitative estimate of drug-likeness (QED) is 0.188. The average molecular weight is 642 g/mol. The Hall–Kier alpha value is -6.41. The van der Waals surface area contributed by atoms with Crippen LogP contribution in [0.1, 0.15) is 5.56 Å². The number of hydrogen-bond acceptors (Lipinski definition) is 4. The fourth-order valence-corrected chi connectivity index (χ4v) is 8.31. The molecule has 0 aliphatic carbocycles. The Morgan fingerprint density at radius 1 is 0.408 bits per heavy atom. The molecule has 0 fully saturated rings. The van der Waals surface area contributed by atoms with Crippen LogP contribution >= 0.6 is 11.3 Å². The van der Waals surface area contributed by atoms with Crippen molar-refractivity contribution in [2.75, 3.05) is 0 Å². The predicted molar refractivity (Wildman–Crippen MR) is 204 cm³/mol. The van der Waals surface area contributed by atoms with Crippen molar-refractivity contribution in [3.63, 3.8) is 0 Å². The first-order chi connectivity index (χ1) is 24.2. The van der Waals surface area contributed by atoms with Crippen LogP contribution in [0.25, 0.3) is 86.6 Å². The van der Waals surface area contributed by atoms with Crippen LogP contribution in [0.15, 0.2) is 164 Å². The molecule has 0 aliphatic rings. The molecular weight excluding hydrogens is 615 g/mol. The van der Waals surface area contributed by atoms with E-state index in [-0.39, 0.29) is 0 Å². The molecule has 0 saturated carbocycles. The Morgan fingerprint density at radius 3 is 1.51 bits per heavy atom. The summed E-state index contributed by atoms with van der Waals surface area (Å²) in [6.45, 7) is 0. The zero-order chi connectivity index (χ0) is 32.7. The normalized spacial score (nSPS) is 11.2. The van der Waals surface area contributed by atoms with Crippen molar-refractivity contribution < 1.29 is 0 Å². The van der Waals surface area contributed by atoms with Crippen LogP contribution in [-0.2, 0) is 0 Å². The molecule has 3 aromatic heterocycles. The van der Waals surface area contributed by atoms with E-state index in [2.05, 4.69) is 119 Å². The van der Waals surface area contributed by atoms with Crippen LogP contribution in [0.4, 0.5) is 0 Å². The maximum absolute atomic E-state index is 9.65. The van der Waals surface area contributed by atoms with Gasteiger partial charge in [0.05, 0.1) is 11.6 Å². The highest BCUT2D eigenvalue weighted by Crippen LogP contribution is 2.45. The van der Waals surface area contributed by atoms with Gasteiger partial charge in [0.2, 0.25) is 0 Å².